The summed E-state index contributed by atoms with van der Waals surface area (Å²) in [5.74, 6) is 0. The predicted molar refractivity (Wildman–Crippen MR) is 20.9 cm³/mol. The molecule has 0 amide bonds. The molecule has 0 spiro atoms. The molecule has 0 aliphatic carbocycles. The molecular weight excluding hydrogens is 182 g/mol. The molecule has 0 radical (unpaired) electrons. The molecule has 0 fully saturated rings. The van der Waals surface area contributed by atoms with E-state index in [-0.39, 0.29) is 17.4 Å². The van der Waals surface area contributed by atoms with E-state index < -0.39 is 17.0 Å². The van der Waals surface area contributed by atoms with E-state index in [2.05, 4.69) is 4.21 Å². The van der Waals surface area contributed by atoms with Crippen LogP contribution in [0.1, 0.15) is 0 Å². The van der Waals surface area contributed by atoms with Crippen LogP contribution in [-0.2, 0) is 13.3 Å². The first kappa shape index (κ1) is 12.2. The Hall–Kier alpha value is 0.489. The van der Waals surface area contributed by atoms with Gasteiger partial charge in [-0.2, -0.15) is 0 Å². The number of rotatable bonds is 2. The number of hydrogen-bond acceptors (Lipinski definition) is 6. The normalized spacial score (nSPS) is 10.1. The van der Waals surface area contributed by atoms with Crippen LogP contribution in [0.2, 0.25) is 0 Å². The van der Waals surface area contributed by atoms with Crippen LogP contribution in [0.5, 0.6) is 0 Å². The molecule has 9 heteroatoms. The van der Waals surface area contributed by atoms with Gasteiger partial charge < -0.3 is 18.6 Å². The molecule has 6 nitrogen and oxygen atoms in total. The van der Waals surface area contributed by atoms with Crippen LogP contribution in [0.4, 0.5) is 0 Å². The third kappa shape index (κ3) is 11.9. The summed E-state index contributed by atoms with van der Waals surface area (Å²) >= 11 is 0. The third-order valence-electron chi connectivity index (χ3n) is 0.186. The van der Waals surface area contributed by atoms with Crippen molar-refractivity contribution in [2.75, 3.05) is 0 Å². The first-order valence-electron chi connectivity index (χ1n) is 1.36. The van der Waals surface area contributed by atoms with Crippen molar-refractivity contribution in [1.29, 1.82) is 0 Å². The van der Waals surface area contributed by atoms with Gasteiger partial charge in [-0.1, -0.05) is 9.05 Å². The zero-order valence-electron chi connectivity index (χ0n) is 3.97. The molecule has 0 atom stereocenters. The van der Waals surface area contributed by atoms with Crippen LogP contribution in [0.25, 0.3) is 0 Å². The van der Waals surface area contributed by atoms with Gasteiger partial charge in [-0.3, -0.25) is 0 Å². The Morgan fingerprint density at radius 1 is 1.22 bits per heavy atom. The van der Waals surface area contributed by atoms with Gasteiger partial charge in [0.25, 0.3) is 0 Å². The molecule has 0 aromatic heterocycles. The van der Waals surface area contributed by atoms with Crippen molar-refractivity contribution in [2.45, 2.75) is 0 Å². The second-order valence-corrected chi connectivity index (χ2v) is 2.99. The van der Waals surface area contributed by atoms with Gasteiger partial charge in [-0.15, -0.1) is 0 Å². The van der Waals surface area contributed by atoms with Gasteiger partial charge in [0, 0.05) is 0 Å². The third-order valence-corrected chi connectivity index (χ3v) is 1.68. The van der Waals surface area contributed by atoms with Crippen molar-refractivity contribution in [2.24, 2.45) is 0 Å². The van der Waals surface area contributed by atoms with Crippen molar-refractivity contribution >= 4 is 34.3 Å². The van der Waals surface area contributed by atoms with Crippen LogP contribution in [0.15, 0.2) is 0 Å². The molecule has 0 aliphatic rings. The fourth-order valence-corrected chi connectivity index (χ4v) is 0.822. The van der Waals surface area contributed by atoms with E-state index >= 15 is 0 Å². The molecule has 0 N–H and O–H groups in total. The van der Waals surface area contributed by atoms with Gasteiger partial charge in [0.05, 0.1) is 0 Å². The van der Waals surface area contributed by atoms with Gasteiger partial charge in [-0.05, 0) is 0 Å². The van der Waals surface area contributed by atoms with Gasteiger partial charge in [0.15, 0.2) is 0 Å². The molecule has 0 bridgehead atoms. The van der Waals surface area contributed by atoms with E-state index in [0.717, 1.165) is 0 Å². The Balaban J connectivity index is 0. The summed E-state index contributed by atoms with van der Waals surface area (Å²) in [5, 5.41) is 0. The summed E-state index contributed by atoms with van der Waals surface area (Å²) < 4.78 is 21.4. The van der Waals surface area contributed by atoms with Gasteiger partial charge >= 0.3 is 25.3 Å². The van der Waals surface area contributed by atoms with E-state index in [1.54, 1.807) is 0 Å². The fourth-order valence-electron chi connectivity index (χ4n) is 0.0913. The Kier molecular flexibility index (Phi) is 5.86. The van der Waals surface area contributed by atoms with E-state index in [1.165, 1.54) is 0 Å². The molecule has 0 saturated carbocycles. The maximum atomic E-state index is 9.34. The minimum atomic E-state index is -5.57. The van der Waals surface area contributed by atoms with Crippen molar-refractivity contribution in [3.8, 4) is 0 Å². The SMILES string of the molecule is O=P(=O)O[Si]([O-])([O-])[O-].[Al+3]. The second-order valence-electron chi connectivity index (χ2n) is 0.815. The van der Waals surface area contributed by atoms with Crippen molar-refractivity contribution < 1.29 is 27.7 Å². The maximum Gasteiger partial charge on any atom is 3.00 e. The van der Waals surface area contributed by atoms with Gasteiger partial charge in [0.2, 0.25) is 0 Å². The van der Waals surface area contributed by atoms with E-state index in [4.69, 9.17) is 0 Å². The zero-order chi connectivity index (χ0) is 6.78. The van der Waals surface area contributed by atoms with Crippen molar-refractivity contribution in [1.82, 2.24) is 0 Å². The largest absolute Gasteiger partial charge is 3.00 e. The topological polar surface area (TPSA) is 113 Å². The summed E-state index contributed by atoms with van der Waals surface area (Å²) in [6.07, 6.45) is 0. The average Bonchev–Trinajstić information content (AvgIpc) is 1.21. The summed E-state index contributed by atoms with van der Waals surface area (Å²) in [5.41, 5.74) is 0. The molecule has 48 valence electrons. The summed E-state index contributed by atoms with van der Waals surface area (Å²) in [6, 6.07) is 0. The van der Waals surface area contributed by atoms with Crippen LogP contribution < -0.4 is 14.4 Å². The van der Waals surface area contributed by atoms with Crippen LogP contribution in [0.3, 0.4) is 0 Å². The standard InChI is InChI=1S/Al.O6PSi/c;1-7(2)6-8(3,4)5/q+3;-3. The molecule has 0 saturated heterocycles. The Morgan fingerprint density at radius 3 is 1.56 bits per heavy atom. The van der Waals surface area contributed by atoms with E-state index in [0.29, 0.717) is 0 Å². The molecule has 0 aromatic rings. The van der Waals surface area contributed by atoms with Gasteiger partial charge in [0.1, 0.15) is 0 Å². The summed E-state index contributed by atoms with van der Waals surface area (Å²) in [7, 11) is -9.13. The fraction of sp³-hybridized carbons (Fsp3) is 0. The molecular formula is AlO6PSi. The Bertz CT molecular complexity index is 124. The Labute approximate surface area is 62.6 Å². The van der Waals surface area contributed by atoms with E-state index in [1.807, 2.05) is 0 Å². The van der Waals surface area contributed by atoms with E-state index in [9.17, 15) is 23.5 Å². The summed E-state index contributed by atoms with van der Waals surface area (Å²) in [4.78, 5) is 28.0. The molecule has 0 aliphatic heterocycles. The predicted octanol–water partition coefficient (Wildman–Crippen LogP) is -3.77. The average molecular weight is 182 g/mol. The zero-order valence-corrected chi connectivity index (χ0v) is 7.02. The van der Waals surface area contributed by atoms with Gasteiger partial charge in [-0.25, -0.2) is 9.13 Å². The molecule has 0 aromatic carbocycles. The molecule has 0 rings (SSSR count). The van der Waals surface area contributed by atoms with Crippen LogP contribution in [0, 0.1) is 0 Å². The Morgan fingerprint density at radius 2 is 1.56 bits per heavy atom. The monoisotopic (exact) mass is 182 g/mol. The summed E-state index contributed by atoms with van der Waals surface area (Å²) in [6.45, 7) is 0. The smallest absolute Gasteiger partial charge is 0.860 e. The minimum absolute atomic E-state index is 0. The molecule has 0 unspecified atom stereocenters. The number of hydrogen-bond donors (Lipinski definition) is 0. The van der Waals surface area contributed by atoms with Crippen molar-refractivity contribution in [3.05, 3.63) is 0 Å². The molecule has 9 heavy (non-hydrogen) atoms. The minimum Gasteiger partial charge on any atom is -0.860 e. The molecule has 0 heterocycles. The quantitative estimate of drug-likeness (QED) is 0.320. The first-order valence-corrected chi connectivity index (χ1v) is 4.09. The van der Waals surface area contributed by atoms with Crippen LogP contribution in [-0.4, -0.2) is 26.4 Å². The maximum absolute atomic E-state index is 9.34. The van der Waals surface area contributed by atoms with Crippen LogP contribution >= 0.6 is 7.91 Å². The second kappa shape index (κ2) is 4.33. The first-order chi connectivity index (χ1) is 3.42. The van der Waals surface area contributed by atoms with Crippen molar-refractivity contribution in [3.63, 3.8) is 0 Å².